The molecule has 1 aromatic heterocycles. The third kappa shape index (κ3) is 5.82. The molecule has 214 valence electrons. The zero-order valence-electron chi connectivity index (χ0n) is 23.4. The lowest BCUT2D eigenvalue weighted by Crippen LogP contribution is -2.38. The number of nitrogens with zero attached hydrogens (tertiary/aromatic N) is 4. The van der Waals surface area contributed by atoms with Crippen LogP contribution < -0.4 is 4.90 Å². The molecule has 0 spiro atoms. The van der Waals surface area contributed by atoms with E-state index in [0.717, 1.165) is 48.3 Å². The van der Waals surface area contributed by atoms with Gasteiger partial charge in [0.1, 0.15) is 11.5 Å². The van der Waals surface area contributed by atoms with Crippen LogP contribution in [0.4, 0.5) is 23.2 Å². The number of halogens is 4. The van der Waals surface area contributed by atoms with Crippen molar-refractivity contribution in [3.8, 4) is 11.1 Å². The van der Waals surface area contributed by atoms with Gasteiger partial charge in [-0.2, -0.15) is 18.3 Å². The predicted octanol–water partition coefficient (Wildman–Crippen LogP) is 8.13. The number of anilines is 1. The van der Waals surface area contributed by atoms with E-state index in [9.17, 15) is 17.6 Å². The highest BCUT2D eigenvalue weighted by Gasteiger charge is 2.41. The Balaban J connectivity index is 1.46. The number of alkyl halides is 3. The van der Waals surface area contributed by atoms with Crippen molar-refractivity contribution in [2.75, 3.05) is 31.1 Å². The molecule has 5 rings (SSSR count). The van der Waals surface area contributed by atoms with Gasteiger partial charge in [0.15, 0.2) is 0 Å². The molecule has 4 nitrogen and oxygen atoms in total. The number of allylic oxidation sites excluding steroid dienone is 1. The van der Waals surface area contributed by atoms with Crippen molar-refractivity contribution in [1.82, 2.24) is 14.7 Å². The summed E-state index contributed by atoms with van der Waals surface area (Å²) in [7, 11) is 0. The fraction of sp³-hybridized carbons (Fsp3) is 0.469. The highest BCUT2D eigenvalue weighted by molar-refractivity contribution is 5.79. The first-order chi connectivity index (χ1) is 19.2. The number of aromatic nitrogens is 2. The van der Waals surface area contributed by atoms with Gasteiger partial charge in [0.2, 0.25) is 0 Å². The van der Waals surface area contributed by atoms with Crippen LogP contribution in [0.25, 0.3) is 16.7 Å². The number of hydrogen-bond acceptors (Lipinski definition) is 3. The maximum atomic E-state index is 14.6. The molecule has 3 heterocycles. The summed E-state index contributed by atoms with van der Waals surface area (Å²) in [5, 5.41) is 4.23. The summed E-state index contributed by atoms with van der Waals surface area (Å²) >= 11 is 0. The lowest BCUT2D eigenvalue weighted by atomic mass is 9.93. The van der Waals surface area contributed by atoms with Crippen LogP contribution in [0.3, 0.4) is 0 Å². The molecule has 1 atom stereocenters. The van der Waals surface area contributed by atoms with E-state index in [1.807, 2.05) is 11.8 Å². The third-order valence-corrected chi connectivity index (χ3v) is 8.19. The summed E-state index contributed by atoms with van der Waals surface area (Å²) in [5.41, 5.74) is 5.04. The van der Waals surface area contributed by atoms with Crippen LogP contribution in [0.1, 0.15) is 74.4 Å². The Kier molecular flexibility index (Phi) is 8.36. The van der Waals surface area contributed by atoms with Gasteiger partial charge < -0.3 is 4.90 Å². The second kappa shape index (κ2) is 11.8. The summed E-state index contributed by atoms with van der Waals surface area (Å²) in [6.07, 6.45) is 1.29. The Morgan fingerprint density at radius 3 is 2.62 bits per heavy atom. The van der Waals surface area contributed by atoms with Crippen LogP contribution in [0.2, 0.25) is 0 Å². The molecule has 2 aliphatic heterocycles. The summed E-state index contributed by atoms with van der Waals surface area (Å²) in [6.45, 7) is 12.0. The van der Waals surface area contributed by atoms with E-state index in [4.69, 9.17) is 0 Å². The average molecular weight is 555 g/mol. The fourth-order valence-corrected chi connectivity index (χ4v) is 6.29. The molecule has 2 aromatic carbocycles. The summed E-state index contributed by atoms with van der Waals surface area (Å²) in [4.78, 5) is 4.49. The van der Waals surface area contributed by atoms with Crippen molar-refractivity contribution in [1.29, 1.82) is 0 Å². The van der Waals surface area contributed by atoms with Crippen LogP contribution in [-0.2, 0) is 19.1 Å². The Morgan fingerprint density at radius 1 is 1.05 bits per heavy atom. The van der Waals surface area contributed by atoms with Crippen molar-refractivity contribution in [2.45, 2.75) is 71.1 Å². The molecule has 3 aromatic rings. The van der Waals surface area contributed by atoms with Crippen LogP contribution in [-0.4, -0.2) is 40.9 Å². The van der Waals surface area contributed by atoms with E-state index in [0.29, 0.717) is 50.0 Å². The smallest absolute Gasteiger partial charge is 0.369 e. The van der Waals surface area contributed by atoms with Crippen LogP contribution in [0, 0.1) is 5.82 Å². The van der Waals surface area contributed by atoms with Gasteiger partial charge in [-0.25, -0.2) is 4.39 Å². The number of piperidine rings is 1. The van der Waals surface area contributed by atoms with E-state index in [1.165, 1.54) is 29.5 Å². The van der Waals surface area contributed by atoms with Gasteiger partial charge in [-0.3, -0.25) is 9.58 Å². The maximum absolute atomic E-state index is 14.6. The average Bonchev–Trinajstić information content (AvgIpc) is 3.40. The SMILES string of the molecule is C=C(CCC)c1cnn(C2CCCN(c3cc(F)ccc3-c3ccc4c(c3)CCN(CCC)C4)C2)c1C(F)(F)F. The molecule has 0 N–H and O–H groups in total. The minimum Gasteiger partial charge on any atom is -0.369 e. The second-order valence-corrected chi connectivity index (χ2v) is 11.1. The van der Waals surface area contributed by atoms with Gasteiger partial charge >= 0.3 is 6.18 Å². The van der Waals surface area contributed by atoms with E-state index >= 15 is 0 Å². The van der Waals surface area contributed by atoms with Crippen molar-refractivity contribution >= 4 is 11.3 Å². The minimum atomic E-state index is -4.55. The zero-order valence-corrected chi connectivity index (χ0v) is 23.4. The minimum absolute atomic E-state index is 0.0736. The number of hydrogen-bond donors (Lipinski definition) is 0. The molecule has 0 saturated carbocycles. The molecule has 1 saturated heterocycles. The lowest BCUT2D eigenvalue weighted by Gasteiger charge is -2.36. The van der Waals surface area contributed by atoms with Crippen LogP contribution >= 0.6 is 0 Å². The molecule has 0 bridgehead atoms. The summed E-state index contributed by atoms with van der Waals surface area (Å²) in [6, 6.07) is 10.8. The maximum Gasteiger partial charge on any atom is 0.433 e. The van der Waals surface area contributed by atoms with Crippen LogP contribution in [0.15, 0.2) is 49.2 Å². The quantitative estimate of drug-likeness (QED) is 0.263. The van der Waals surface area contributed by atoms with Crippen LogP contribution in [0.5, 0.6) is 0 Å². The highest BCUT2D eigenvalue weighted by Crippen LogP contribution is 2.40. The summed E-state index contributed by atoms with van der Waals surface area (Å²) < 4.78 is 58.6. The number of rotatable bonds is 8. The number of benzene rings is 2. The molecule has 1 fully saturated rings. The summed E-state index contributed by atoms with van der Waals surface area (Å²) in [5.74, 6) is -0.359. The topological polar surface area (TPSA) is 24.3 Å². The lowest BCUT2D eigenvalue weighted by molar-refractivity contribution is -0.145. The molecular formula is C32H38F4N4. The largest absolute Gasteiger partial charge is 0.433 e. The Hall–Kier alpha value is -3.13. The Bertz CT molecular complexity index is 1360. The van der Waals surface area contributed by atoms with E-state index in [2.05, 4.69) is 41.7 Å². The first-order valence-electron chi connectivity index (χ1n) is 14.4. The molecule has 40 heavy (non-hydrogen) atoms. The monoisotopic (exact) mass is 554 g/mol. The van der Waals surface area contributed by atoms with Gasteiger partial charge in [-0.1, -0.05) is 45.0 Å². The zero-order chi connectivity index (χ0) is 28.4. The van der Waals surface area contributed by atoms with E-state index in [1.54, 1.807) is 6.07 Å². The van der Waals surface area contributed by atoms with Gasteiger partial charge in [-0.05, 0) is 79.1 Å². The van der Waals surface area contributed by atoms with E-state index in [-0.39, 0.29) is 11.4 Å². The molecular weight excluding hydrogens is 516 g/mol. The van der Waals surface area contributed by atoms with Crippen molar-refractivity contribution in [3.63, 3.8) is 0 Å². The molecule has 0 amide bonds. The first-order valence-corrected chi connectivity index (χ1v) is 14.4. The second-order valence-electron chi connectivity index (χ2n) is 11.1. The van der Waals surface area contributed by atoms with E-state index < -0.39 is 17.9 Å². The highest BCUT2D eigenvalue weighted by atomic mass is 19.4. The Labute approximate surface area is 234 Å². The van der Waals surface area contributed by atoms with Crippen molar-refractivity contribution < 1.29 is 17.6 Å². The fourth-order valence-electron chi connectivity index (χ4n) is 6.29. The normalized spacial score (nSPS) is 18.1. The van der Waals surface area contributed by atoms with Gasteiger partial charge in [-0.15, -0.1) is 0 Å². The van der Waals surface area contributed by atoms with Gasteiger partial charge in [0.05, 0.1) is 12.2 Å². The first kappa shape index (κ1) is 28.4. The Morgan fingerprint density at radius 2 is 1.88 bits per heavy atom. The van der Waals surface area contributed by atoms with Gasteiger partial charge in [0, 0.05) is 43.0 Å². The number of fused-ring (bicyclic) bond motifs is 1. The molecule has 1 unspecified atom stereocenters. The standard InChI is InChI=1S/C32H38F4N4/c1-4-7-22(3)29-19-37-40(31(29)32(34,35)36)27-8-6-15-39(21-27)30-18-26(33)11-12-28(30)24-9-10-25-20-38(14-5-2)16-13-23(25)17-24/h9-12,17-19,27H,3-8,13-16,20-21H2,1-2H3. The molecule has 0 aliphatic carbocycles. The predicted molar refractivity (Wildman–Crippen MR) is 153 cm³/mol. The van der Waals surface area contributed by atoms with Crippen molar-refractivity contribution in [3.05, 3.63) is 77.4 Å². The van der Waals surface area contributed by atoms with Gasteiger partial charge in [0.25, 0.3) is 0 Å². The molecule has 0 radical (unpaired) electrons. The molecule has 2 aliphatic rings. The van der Waals surface area contributed by atoms with Crippen molar-refractivity contribution in [2.24, 2.45) is 0 Å². The third-order valence-electron chi connectivity index (χ3n) is 8.19. The molecule has 8 heteroatoms.